The zero-order chi connectivity index (χ0) is 34.3. The van der Waals surface area contributed by atoms with Crippen LogP contribution in [0.1, 0.15) is 77.6 Å². The number of hydrogen-bond acceptors (Lipinski definition) is 0. The molecular formula is C42H44Cl2F3Zr-3. The van der Waals surface area contributed by atoms with E-state index in [-0.39, 0.29) is 35.6 Å². The first-order chi connectivity index (χ1) is 21.5. The summed E-state index contributed by atoms with van der Waals surface area (Å²) in [6, 6.07) is 33.6. The van der Waals surface area contributed by atoms with E-state index < -0.39 is 11.7 Å². The van der Waals surface area contributed by atoms with Gasteiger partial charge in [-0.05, 0) is 10.8 Å². The molecule has 5 aromatic rings. The third-order valence-electron chi connectivity index (χ3n) is 7.83. The maximum Gasteiger partial charge on any atom is -1.00 e. The van der Waals surface area contributed by atoms with Gasteiger partial charge in [-0.15, -0.1) is 45.3 Å². The van der Waals surface area contributed by atoms with Gasteiger partial charge in [0.1, 0.15) is 0 Å². The molecule has 6 heteroatoms. The van der Waals surface area contributed by atoms with E-state index in [1.54, 1.807) is 0 Å². The van der Waals surface area contributed by atoms with Crippen molar-refractivity contribution in [3.8, 4) is 0 Å². The van der Waals surface area contributed by atoms with Crippen molar-refractivity contribution in [2.75, 3.05) is 0 Å². The minimum absolute atomic E-state index is 0. The van der Waals surface area contributed by atoms with E-state index in [0.29, 0.717) is 5.92 Å². The Hall–Kier alpha value is -2.65. The number of benzene rings is 4. The van der Waals surface area contributed by atoms with Crippen LogP contribution in [0.4, 0.5) is 13.2 Å². The van der Waals surface area contributed by atoms with Crippen molar-refractivity contribution in [1.82, 2.24) is 0 Å². The van der Waals surface area contributed by atoms with E-state index in [9.17, 15) is 13.2 Å². The van der Waals surface area contributed by atoms with Crippen LogP contribution in [0, 0.1) is 18.1 Å². The fraction of sp³-hybridized carbons (Fsp3) is 0.286. The summed E-state index contributed by atoms with van der Waals surface area (Å²) < 4.78 is 38.7. The Morgan fingerprint density at radius 1 is 0.688 bits per heavy atom. The van der Waals surface area contributed by atoms with Crippen molar-refractivity contribution in [2.45, 2.75) is 72.4 Å². The third-order valence-corrected chi connectivity index (χ3v) is 7.83. The number of rotatable bonds is 1. The number of hydrogen-bond donors (Lipinski definition) is 0. The van der Waals surface area contributed by atoms with Gasteiger partial charge in [0.05, 0.1) is 0 Å². The molecule has 0 saturated heterocycles. The number of allylic oxidation sites excluding steroid dienone is 4. The van der Waals surface area contributed by atoms with Gasteiger partial charge in [-0.1, -0.05) is 133 Å². The summed E-state index contributed by atoms with van der Waals surface area (Å²) >= 11 is 1.30. The molecule has 1 unspecified atom stereocenters. The number of fused-ring (bicyclic) bond motifs is 3. The maximum absolute atomic E-state index is 11.8. The largest absolute Gasteiger partial charge is 1.00 e. The molecule has 0 nitrogen and oxygen atoms in total. The monoisotopic (exact) mass is 765 g/mol. The molecule has 0 spiro atoms. The van der Waals surface area contributed by atoms with Gasteiger partial charge < -0.3 is 24.8 Å². The zero-order valence-electron chi connectivity index (χ0n) is 29.0. The number of halogens is 5. The number of alkyl halides is 3. The van der Waals surface area contributed by atoms with Crippen LogP contribution in [0.5, 0.6) is 0 Å². The SMILES string of the molecule is CC(C)(C)c1ccc2c(c1)[cH-]c1cc(C(C)(C)C)ccc12.CC1=[C-]C(C)C=C1c1ccccc1.FC(F)(F)c1cc[c-]cc1.[CH2]=[Zr+2].[Cl-].[Cl-]. The summed E-state index contributed by atoms with van der Waals surface area (Å²) in [6.07, 6.45) is 1.43. The summed E-state index contributed by atoms with van der Waals surface area (Å²) in [6.45, 7) is 17.9. The Morgan fingerprint density at radius 2 is 1.15 bits per heavy atom. The van der Waals surface area contributed by atoms with E-state index in [4.69, 9.17) is 0 Å². The van der Waals surface area contributed by atoms with E-state index in [0.717, 1.165) is 12.1 Å². The Morgan fingerprint density at radius 3 is 1.50 bits per heavy atom. The predicted octanol–water partition coefficient (Wildman–Crippen LogP) is 6.25. The first-order valence-corrected chi connectivity index (χ1v) is 17.2. The molecule has 0 N–H and O–H groups in total. The van der Waals surface area contributed by atoms with E-state index in [1.165, 1.54) is 85.7 Å². The molecule has 0 aromatic heterocycles. The smallest absolute Gasteiger partial charge is 1.00 e. The van der Waals surface area contributed by atoms with Crippen LogP contribution >= 0.6 is 0 Å². The Kier molecular flexibility index (Phi) is 16.6. The summed E-state index contributed by atoms with van der Waals surface area (Å²) in [7, 11) is 0. The second-order valence-corrected chi connectivity index (χ2v) is 13.5. The predicted molar refractivity (Wildman–Crippen MR) is 188 cm³/mol. The van der Waals surface area contributed by atoms with Crippen LogP contribution in [-0.2, 0) is 41.2 Å². The van der Waals surface area contributed by atoms with Crippen molar-refractivity contribution in [1.29, 1.82) is 0 Å². The minimum atomic E-state index is -4.23. The van der Waals surface area contributed by atoms with Gasteiger partial charge in [-0.3, -0.25) is 6.08 Å². The second-order valence-electron chi connectivity index (χ2n) is 13.5. The van der Waals surface area contributed by atoms with Crippen LogP contribution < -0.4 is 24.8 Å². The normalized spacial score (nSPS) is 14.1. The van der Waals surface area contributed by atoms with Crippen LogP contribution in [0.25, 0.3) is 27.1 Å². The minimum Gasteiger partial charge on any atom is -1.00 e. The van der Waals surface area contributed by atoms with Crippen LogP contribution in [0.15, 0.2) is 109 Å². The Labute approximate surface area is 313 Å². The van der Waals surface area contributed by atoms with Gasteiger partial charge in [0, 0.05) is 0 Å². The van der Waals surface area contributed by atoms with Crippen molar-refractivity contribution in [3.05, 3.63) is 143 Å². The second kappa shape index (κ2) is 18.4. The average molecular weight is 768 g/mol. The molecule has 1 atom stereocenters. The molecule has 6 rings (SSSR count). The molecule has 254 valence electrons. The van der Waals surface area contributed by atoms with Crippen LogP contribution in [0.3, 0.4) is 0 Å². The molecule has 48 heavy (non-hydrogen) atoms. The molecule has 0 radical (unpaired) electrons. The first-order valence-electron chi connectivity index (χ1n) is 15.4. The topological polar surface area (TPSA) is 0 Å². The van der Waals surface area contributed by atoms with Crippen molar-refractivity contribution in [2.24, 2.45) is 5.92 Å². The van der Waals surface area contributed by atoms with E-state index >= 15 is 0 Å². The molecule has 1 aliphatic rings. The molecule has 1 aliphatic carbocycles. The Balaban J connectivity index is 0.000000369. The summed E-state index contributed by atoms with van der Waals surface area (Å²) in [5, 5.41) is 5.48. The molecular weight excluding hydrogens is 724 g/mol. The first kappa shape index (κ1) is 43.4. The fourth-order valence-corrected chi connectivity index (χ4v) is 5.30. The maximum atomic E-state index is 11.8. The molecule has 0 bridgehead atoms. The fourth-order valence-electron chi connectivity index (χ4n) is 5.30. The van der Waals surface area contributed by atoms with Crippen molar-refractivity contribution < 1.29 is 62.2 Å². The zero-order valence-corrected chi connectivity index (χ0v) is 33.0. The van der Waals surface area contributed by atoms with Gasteiger partial charge in [-0.25, -0.2) is 5.57 Å². The summed E-state index contributed by atoms with van der Waals surface area (Å²) in [5.41, 5.74) is 6.50. The molecule has 0 amide bonds. The van der Waals surface area contributed by atoms with E-state index in [2.05, 4.69) is 145 Å². The van der Waals surface area contributed by atoms with Crippen molar-refractivity contribution >= 4 is 31.3 Å². The van der Waals surface area contributed by atoms with Crippen LogP contribution in [-0.4, -0.2) is 4.21 Å². The third kappa shape index (κ3) is 11.8. The van der Waals surface area contributed by atoms with Gasteiger partial charge in [0.2, 0.25) is 0 Å². The standard InChI is InChI=1S/C21H25.C13H13.C7H4F3.CH2.2ClH.Zr/c1-20(2,3)16-7-9-18-14(12-16)11-15-13-17(21(4,5)6)8-10-19(15)18;1-10-8-11(2)13(9-10)12-6-4-3-5-7-12;8-7(9,10)6-4-2-1-3-5-6;;;;/h7-13H,1-6H3;3-7,9-10H,1-2H3;2-5H;1H2;2*1H;/q3*-1;;;;+2/p-2. The van der Waals surface area contributed by atoms with Crippen LogP contribution in [0.2, 0.25) is 0 Å². The van der Waals surface area contributed by atoms with Gasteiger partial charge in [0.15, 0.2) is 0 Å². The average Bonchev–Trinajstić information content (AvgIpc) is 3.56. The van der Waals surface area contributed by atoms with Gasteiger partial charge in [-0.2, -0.15) is 55.2 Å². The van der Waals surface area contributed by atoms with Gasteiger partial charge in [0.25, 0.3) is 0 Å². The molecule has 0 fully saturated rings. The van der Waals surface area contributed by atoms with E-state index in [1.807, 2.05) is 6.07 Å². The van der Waals surface area contributed by atoms with Crippen molar-refractivity contribution in [3.63, 3.8) is 0 Å². The molecule has 0 saturated carbocycles. The molecule has 5 aromatic carbocycles. The molecule has 0 heterocycles. The molecule has 0 aliphatic heterocycles. The quantitative estimate of drug-likeness (QED) is 0.177. The Bertz CT molecular complexity index is 1720. The summed E-state index contributed by atoms with van der Waals surface area (Å²) in [4.78, 5) is 0. The van der Waals surface area contributed by atoms with Gasteiger partial charge >= 0.3 is 34.6 Å². The summed E-state index contributed by atoms with van der Waals surface area (Å²) in [5.74, 6) is 0.468.